The van der Waals surface area contributed by atoms with Crippen LogP contribution in [0.2, 0.25) is 0 Å². The molecule has 9 heteroatoms. The van der Waals surface area contributed by atoms with E-state index in [1.54, 1.807) is 6.08 Å². The molecule has 34 heavy (non-hydrogen) atoms. The van der Waals surface area contributed by atoms with E-state index >= 15 is 0 Å². The Balaban J connectivity index is 1.59. The van der Waals surface area contributed by atoms with Gasteiger partial charge in [-0.1, -0.05) is 0 Å². The van der Waals surface area contributed by atoms with Gasteiger partial charge in [-0.05, 0) is 66.0 Å². The highest BCUT2D eigenvalue weighted by Crippen LogP contribution is 2.30. The second-order valence-electron chi connectivity index (χ2n) is 8.94. The van der Waals surface area contributed by atoms with Crippen LogP contribution in [0.3, 0.4) is 0 Å². The number of aryl methyl sites for hydroxylation is 5. The quantitative estimate of drug-likeness (QED) is 0.573. The lowest BCUT2D eigenvalue weighted by atomic mass is 10.0. The van der Waals surface area contributed by atoms with Crippen molar-refractivity contribution in [2.45, 2.75) is 59.9 Å². The first-order valence-corrected chi connectivity index (χ1v) is 11.6. The first-order valence-electron chi connectivity index (χ1n) is 11.6. The minimum absolute atomic E-state index is 0.0374. The molecule has 0 spiro atoms. The van der Waals surface area contributed by atoms with Crippen LogP contribution < -0.4 is 5.32 Å². The summed E-state index contributed by atoms with van der Waals surface area (Å²) >= 11 is 0. The summed E-state index contributed by atoms with van der Waals surface area (Å²) in [6.07, 6.45) is 6.34. The number of nitrogens with one attached hydrogen (secondary N) is 1. The van der Waals surface area contributed by atoms with E-state index in [-0.39, 0.29) is 11.9 Å². The van der Waals surface area contributed by atoms with Crippen LogP contribution in [-0.4, -0.2) is 47.1 Å². The van der Waals surface area contributed by atoms with Crippen molar-refractivity contribution in [3.63, 3.8) is 0 Å². The largest absolute Gasteiger partial charge is 0.329 e. The number of rotatable bonds is 5. The normalized spacial score (nSPS) is 16.3. The van der Waals surface area contributed by atoms with Crippen molar-refractivity contribution in [3.05, 3.63) is 58.1 Å². The molecule has 0 saturated carbocycles. The third-order valence-corrected chi connectivity index (χ3v) is 6.14. The lowest BCUT2D eigenvalue weighted by Gasteiger charge is -2.34. The monoisotopic (exact) mass is 460 g/mol. The Morgan fingerprint density at radius 2 is 1.71 bits per heavy atom. The molecule has 1 saturated heterocycles. The van der Waals surface area contributed by atoms with Gasteiger partial charge in [-0.25, -0.2) is 19.9 Å². The molecule has 0 bridgehead atoms. The second kappa shape index (κ2) is 9.70. The molecule has 1 aliphatic rings. The van der Waals surface area contributed by atoms with Crippen LogP contribution in [0, 0.1) is 34.6 Å². The number of carbonyl (C=O) groups excluding carboxylic acids is 1. The Morgan fingerprint density at radius 1 is 1.00 bits per heavy atom. The van der Waals surface area contributed by atoms with Gasteiger partial charge in [-0.3, -0.25) is 9.48 Å². The molecular weight excluding hydrogens is 428 g/mol. The molecule has 178 valence electrons. The molecule has 1 atom stereocenters. The lowest BCUT2D eigenvalue weighted by Crippen LogP contribution is -2.38. The number of hydrogen-bond acceptors (Lipinski definition) is 7. The van der Waals surface area contributed by atoms with Gasteiger partial charge in [0.2, 0.25) is 11.9 Å². The molecule has 3 aromatic rings. The first-order chi connectivity index (χ1) is 16.2. The zero-order chi connectivity index (χ0) is 24.4. The first kappa shape index (κ1) is 23.5. The van der Waals surface area contributed by atoms with E-state index in [9.17, 15) is 4.79 Å². The fraction of sp³-hybridized carbons (Fsp3) is 0.440. The number of likely N-dealkylation sites (tertiary alicyclic amines) is 1. The maximum Gasteiger partial charge on any atom is 0.247 e. The molecule has 0 aromatic carbocycles. The van der Waals surface area contributed by atoms with Crippen molar-refractivity contribution in [3.8, 4) is 0 Å². The van der Waals surface area contributed by atoms with Crippen LogP contribution in [0.25, 0.3) is 6.08 Å². The van der Waals surface area contributed by atoms with Gasteiger partial charge in [0.25, 0.3) is 0 Å². The van der Waals surface area contributed by atoms with Crippen molar-refractivity contribution in [1.29, 1.82) is 0 Å². The van der Waals surface area contributed by atoms with Gasteiger partial charge in [0, 0.05) is 54.1 Å². The highest BCUT2D eigenvalue weighted by atomic mass is 16.2. The topological polar surface area (TPSA) is 102 Å². The molecule has 1 aliphatic heterocycles. The van der Waals surface area contributed by atoms with Gasteiger partial charge in [-0.15, -0.1) is 0 Å². The van der Waals surface area contributed by atoms with Crippen molar-refractivity contribution in [1.82, 2.24) is 34.6 Å². The Kier molecular flexibility index (Phi) is 6.72. The lowest BCUT2D eigenvalue weighted by molar-refractivity contribution is -0.129. The van der Waals surface area contributed by atoms with Crippen LogP contribution in [0.4, 0.5) is 11.8 Å². The number of amides is 1. The molecule has 1 amide bonds. The number of aromatic nitrogens is 6. The Morgan fingerprint density at radius 3 is 2.38 bits per heavy atom. The average molecular weight is 461 g/mol. The molecule has 0 radical (unpaired) electrons. The van der Waals surface area contributed by atoms with Gasteiger partial charge < -0.3 is 10.2 Å². The van der Waals surface area contributed by atoms with Crippen molar-refractivity contribution in [2.75, 3.05) is 11.9 Å². The Labute approximate surface area is 200 Å². The number of anilines is 2. The smallest absolute Gasteiger partial charge is 0.247 e. The van der Waals surface area contributed by atoms with Crippen LogP contribution in [0.15, 0.2) is 18.2 Å². The van der Waals surface area contributed by atoms with Gasteiger partial charge in [0.05, 0.1) is 11.7 Å². The molecule has 0 unspecified atom stereocenters. The SMILES string of the molecule is Cc1cc(C)nc(Nc2cc(C)nc([C@@H]3CCCCN3C(=O)/C=C/c3c(C)nn(C)c3C)n2)n1. The summed E-state index contributed by atoms with van der Waals surface area (Å²) in [6, 6.07) is 3.62. The molecule has 4 rings (SSSR count). The minimum Gasteiger partial charge on any atom is -0.329 e. The highest BCUT2D eigenvalue weighted by Gasteiger charge is 2.29. The number of carbonyl (C=O) groups is 1. The summed E-state index contributed by atoms with van der Waals surface area (Å²) in [7, 11) is 1.91. The predicted molar refractivity (Wildman–Crippen MR) is 132 cm³/mol. The Bertz CT molecular complexity index is 1230. The fourth-order valence-electron chi connectivity index (χ4n) is 4.45. The summed E-state index contributed by atoms with van der Waals surface area (Å²) in [5, 5.41) is 7.64. The summed E-state index contributed by atoms with van der Waals surface area (Å²) < 4.78 is 1.83. The summed E-state index contributed by atoms with van der Waals surface area (Å²) in [4.78, 5) is 33.5. The van der Waals surface area contributed by atoms with Gasteiger partial charge in [0.15, 0.2) is 5.82 Å². The maximum atomic E-state index is 13.2. The van der Waals surface area contributed by atoms with Crippen LogP contribution in [0.5, 0.6) is 0 Å². The van der Waals surface area contributed by atoms with E-state index in [2.05, 4.69) is 20.4 Å². The van der Waals surface area contributed by atoms with E-state index in [0.29, 0.717) is 24.1 Å². The van der Waals surface area contributed by atoms with E-state index < -0.39 is 0 Å². The van der Waals surface area contributed by atoms with Gasteiger partial charge >= 0.3 is 0 Å². The maximum absolute atomic E-state index is 13.2. The number of nitrogens with zero attached hydrogens (tertiary/aromatic N) is 7. The zero-order valence-electron chi connectivity index (χ0n) is 20.8. The van der Waals surface area contributed by atoms with Gasteiger partial charge in [-0.2, -0.15) is 5.10 Å². The summed E-state index contributed by atoms with van der Waals surface area (Å²) in [5.41, 5.74) is 5.52. The van der Waals surface area contributed by atoms with Crippen molar-refractivity contribution in [2.24, 2.45) is 7.05 Å². The third-order valence-electron chi connectivity index (χ3n) is 6.14. The Hall–Kier alpha value is -3.62. The molecular formula is C25H32N8O. The molecule has 9 nitrogen and oxygen atoms in total. The van der Waals surface area contributed by atoms with E-state index in [1.165, 1.54) is 0 Å². The highest BCUT2D eigenvalue weighted by molar-refractivity contribution is 5.92. The van der Waals surface area contributed by atoms with Gasteiger partial charge in [0.1, 0.15) is 5.82 Å². The van der Waals surface area contributed by atoms with E-state index in [1.807, 2.05) is 69.5 Å². The molecule has 3 aromatic heterocycles. The van der Waals surface area contributed by atoms with E-state index in [0.717, 1.165) is 53.3 Å². The van der Waals surface area contributed by atoms with E-state index in [4.69, 9.17) is 9.97 Å². The molecule has 4 heterocycles. The summed E-state index contributed by atoms with van der Waals surface area (Å²) in [5.74, 6) is 1.73. The fourth-order valence-corrected chi connectivity index (χ4v) is 4.45. The number of hydrogen-bond donors (Lipinski definition) is 1. The van der Waals surface area contributed by atoms with Crippen LogP contribution in [-0.2, 0) is 11.8 Å². The van der Waals surface area contributed by atoms with Crippen molar-refractivity contribution < 1.29 is 4.79 Å². The second-order valence-corrected chi connectivity index (χ2v) is 8.94. The van der Waals surface area contributed by atoms with Crippen molar-refractivity contribution >= 4 is 23.7 Å². The van der Waals surface area contributed by atoms with Crippen LogP contribution in [0.1, 0.15) is 65.2 Å². The molecule has 0 aliphatic carbocycles. The predicted octanol–water partition coefficient (Wildman–Crippen LogP) is 4.05. The molecule has 1 fully saturated rings. The van der Waals surface area contributed by atoms with Crippen LogP contribution >= 0.6 is 0 Å². The molecule has 1 N–H and O–H groups in total. The average Bonchev–Trinajstić information content (AvgIpc) is 3.01. The zero-order valence-corrected chi connectivity index (χ0v) is 20.8. The number of piperidine rings is 1. The standard InChI is InChI=1S/C25H32N8O/c1-15-13-16(2)28-25(27-15)30-22-14-17(3)26-24(29-22)21-9-7-8-12-33(21)23(34)11-10-20-18(4)31-32(6)19(20)5/h10-11,13-14,21H,7-9,12H2,1-6H3,(H,26,27,28,29,30)/b11-10+/t21-/m0/s1. The summed E-state index contributed by atoms with van der Waals surface area (Å²) in [6.45, 7) is 10.4. The third kappa shape index (κ3) is 5.13. The minimum atomic E-state index is -0.178.